The van der Waals surface area contributed by atoms with E-state index in [1.165, 1.54) is 0 Å². The number of aliphatic hydroxyl groups is 1. The Morgan fingerprint density at radius 3 is 2.59 bits per heavy atom. The highest BCUT2D eigenvalue weighted by atomic mass is 19.1. The second-order valence-electron chi connectivity index (χ2n) is 3.24. The van der Waals surface area contributed by atoms with E-state index in [1.54, 1.807) is 0 Å². The van der Waals surface area contributed by atoms with E-state index in [-0.39, 0.29) is 0 Å². The monoisotopic (exact) mass is 244 g/mol. The fraction of sp³-hybridized carbons (Fsp3) is 0.222. The molecule has 0 aliphatic carbocycles. The van der Waals surface area contributed by atoms with Crippen LogP contribution in [0, 0.1) is 15.9 Å². The molecule has 0 saturated carbocycles. The minimum absolute atomic E-state index is 0.714. The molecule has 0 radical (unpaired) electrons. The standard InChI is InChI=1S/C9H9FN2O5/c10-4-2-1-3-5(12(16)17)6(4)8(13)7(11)9(14)15/h1-3,7-8,13H,11H2,(H,14,15). The van der Waals surface area contributed by atoms with E-state index in [9.17, 15) is 24.4 Å². The molecule has 8 heteroatoms. The number of halogens is 1. The Morgan fingerprint density at radius 1 is 1.53 bits per heavy atom. The molecule has 92 valence electrons. The molecule has 0 aromatic heterocycles. The number of benzene rings is 1. The van der Waals surface area contributed by atoms with Crippen molar-refractivity contribution in [3.05, 3.63) is 39.7 Å². The van der Waals surface area contributed by atoms with Crippen LogP contribution in [0.25, 0.3) is 0 Å². The van der Waals surface area contributed by atoms with Crippen molar-refractivity contribution < 1.29 is 24.3 Å². The van der Waals surface area contributed by atoms with Crippen molar-refractivity contribution >= 4 is 11.7 Å². The number of carboxylic acids is 1. The second-order valence-corrected chi connectivity index (χ2v) is 3.24. The first-order chi connectivity index (χ1) is 7.86. The van der Waals surface area contributed by atoms with E-state index in [2.05, 4.69) is 0 Å². The molecule has 0 fully saturated rings. The van der Waals surface area contributed by atoms with Gasteiger partial charge in [-0.05, 0) is 6.07 Å². The number of aliphatic hydroxyl groups excluding tert-OH is 1. The van der Waals surface area contributed by atoms with Gasteiger partial charge < -0.3 is 15.9 Å². The summed E-state index contributed by atoms with van der Waals surface area (Å²) < 4.78 is 13.4. The van der Waals surface area contributed by atoms with Crippen LogP contribution in [0.4, 0.5) is 10.1 Å². The number of nitrogens with two attached hydrogens (primary N) is 1. The zero-order valence-corrected chi connectivity index (χ0v) is 8.41. The van der Waals surface area contributed by atoms with Gasteiger partial charge in [0.1, 0.15) is 18.0 Å². The molecular formula is C9H9FN2O5. The second kappa shape index (κ2) is 4.85. The normalized spacial score (nSPS) is 14.1. The Balaban J connectivity index is 3.29. The summed E-state index contributed by atoms with van der Waals surface area (Å²) in [5.41, 5.74) is 3.65. The third-order valence-electron chi connectivity index (χ3n) is 2.15. The lowest BCUT2D eigenvalue weighted by Crippen LogP contribution is -2.37. The van der Waals surface area contributed by atoms with Crippen LogP contribution < -0.4 is 5.73 Å². The Morgan fingerprint density at radius 2 is 2.12 bits per heavy atom. The maximum absolute atomic E-state index is 13.4. The van der Waals surface area contributed by atoms with Gasteiger partial charge in [0.05, 0.1) is 10.5 Å². The molecule has 0 aliphatic heterocycles. The van der Waals surface area contributed by atoms with Crippen LogP contribution in [0.2, 0.25) is 0 Å². The van der Waals surface area contributed by atoms with E-state index in [0.717, 1.165) is 18.2 Å². The lowest BCUT2D eigenvalue weighted by atomic mass is 10.0. The first kappa shape index (κ1) is 13.0. The molecule has 2 unspecified atom stereocenters. The minimum atomic E-state index is -1.99. The van der Waals surface area contributed by atoms with Crippen LogP contribution in [-0.2, 0) is 4.79 Å². The van der Waals surface area contributed by atoms with Gasteiger partial charge in [0.25, 0.3) is 5.69 Å². The number of carboxylic acid groups (broad SMARTS) is 1. The quantitative estimate of drug-likeness (QED) is 0.512. The maximum Gasteiger partial charge on any atom is 0.323 e. The molecule has 0 heterocycles. The van der Waals surface area contributed by atoms with Gasteiger partial charge in [-0.2, -0.15) is 0 Å². The van der Waals surface area contributed by atoms with Crippen LogP contribution in [0.1, 0.15) is 11.7 Å². The molecule has 1 aromatic carbocycles. The predicted molar refractivity (Wildman–Crippen MR) is 53.6 cm³/mol. The summed E-state index contributed by atoms with van der Waals surface area (Å²) in [6.45, 7) is 0. The van der Waals surface area contributed by atoms with Crippen molar-refractivity contribution in [3.8, 4) is 0 Å². The molecule has 17 heavy (non-hydrogen) atoms. The van der Waals surface area contributed by atoms with E-state index < -0.39 is 40.1 Å². The number of nitrogens with zero attached hydrogens (tertiary/aromatic N) is 1. The van der Waals surface area contributed by atoms with Crippen molar-refractivity contribution in [2.45, 2.75) is 12.1 Å². The van der Waals surface area contributed by atoms with Crippen molar-refractivity contribution in [2.75, 3.05) is 0 Å². The average molecular weight is 244 g/mol. The largest absolute Gasteiger partial charge is 0.480 e. The fourth-order valence-electron chi connectivity index (χ4n) is 1.29. The number of nitro benzene ring substituents is 1. The van der Waals surface area contributed by atoms with Crippen molar-refractivity contribution in [1.82, 2.24) is 0 Å². The van der Waals surface area contributed by atoms with Gasteiger partial charge in [-0.1, -0.05) is 6.07 Å². The average Bonchev–Trinajstić information content (AvgIpc) is 2.26. The summed E-state index contributed by atoms with van der Waals surface area (Å²) in [6, 6.07) is 1.07. The third-order valence-corrected chi connectivity index (χ3v) is 2.15. The molecule has 7 nitrogen and oxygen atoms in total. The van der Waals surface area contributed by atoms with E-state index >= 15 is 0 Å². The van der Waals surface area contributed by atoms with Crippen LogP contribution in [0.15, 0.2) is 18.2 Å². The first-order valence-corrected chi connectivity index (χ1v) is 4.45. The SMILES string of the molecule is NC(C(=O)O)C(O)c1c(F)cccc1[N+](=O)[O-]. The highest BCUT2D eigenvalue weighted by Crippen LogP contribution is 2.29. The highest BCUT2D eigenvalue weighted by molar-refractivity contribution is 5.74. The summed E-state index contributed by atoms with van der Waals surface area (Å²) >= 11 is 0. The minimum Gasteiger partial charge on any atom is -0.480 e. The Labute approximate surface area is 94.4 Å². The van der Waals surface area contributed by atoms with Crippen LogP contribution >= 0.6 is 0 Å². The molecule has 0 bridgehead atoms. The Bertz CT molecular complexity index is 465. The summed E-state index contributed by atoms with van der Waals surface area (Å²) in [5.74, 6) is -2.67. The number of aliphatic carboxylic acids is 1. The van der Waals surface area contributed by atoms with Crippen molar-refractivity contribution in [1.29, 1.82) is 0 Å². The zero-order valence-electron chi connectivity index (χ0n) is 8.41. The number of hydrogen-bond acceptors (Lipinski definition) is 5. The lowest BCUT2D eigenvalue weighted by Gasteiger charge is -2.15. The predicted octanol–water partition coefficient (Wildman–Crippen LogP) is 0.179. The fourth-order valence-corrected chi connectivity index (χ4v) is 1.29. The zero-order chi connectivity index (χ0) is 13.2. The highest BCUT2D eigenvalue weighted by Gasteiger charge is 2.32. The van der Waals surface area contributed by atoms with Crippen molar-refractivity contribution in [3.63, 3.8) is 0 Å². The molecule has 0 amide bonds. The molecule has 0 aliphatic rings. The van der Waals surface area contributed by atoms with Gasteiger partial charge in [-0.3, -0.25) is 14.9 Å². The topological polar surface area (TPSA) is 127 Å². The van der Waals surface area contributed by atoms with Crippen LogP contribution in [0.3, 0.4) is 0 Å². The van der Waals surface area contributed by atoms with E-state index in [0.29, 0.717) is 0 Å². The number of hydrogen-bond donors (Lipinski definition) is 3. The van der Waals surface area contributed by atoms with Crippen LogP contribution in [-0.4, -0.2) is 27.1 Å². The smallest absolute Gasteiger partial charge is 0.323 e. The van der Waals surface area contributed by atoms with E-state index in [1.807, 2.05) is 0 Å². The summed E-state index contributed by atoms with van der Waals surface area (Å²) in [7, 11) is 0. The molecule has 1 rings (SSSR count). The van der Waals surface area contributed by atoms with Gasteiger partial charge in [0.15, 0.2) is 0 Å². The molecular weight excluding hydrogens is 235 g/mol. The van der Waals surface area contributed by atoms with Crippen molar-refractivity contribution in [2.24, 2.45) is 5.73 Å². The molecule has 0 spiro atoms. The number of nitro groups is 1. The van der Waals surface area contributed by atoms with Gasteiger partial charge in [0, 0.05) is 6.07 Å². The number of rotatable bonds is 4. The van der Waals surface area contributed by atoms with Gasteiger partial charge in [-0.15, -0.1) is 0 Å². The summed E-state index contributed by atoms with van der Waals surface area (Å²) in [6.07, 6.45) is -1.99. The molecule has 0 saturated heterocycles. The van der Waals surface area contributed by atoms with E-state index in [4.69, 9.17) is 10.8 Å². The third kappa shape index (κ3) is 2.55. The van der Waals surface area contributed by atoms with Crippen LogP contribution in [0.5, 0.6) is 0 Å². The lowest BCUT2D eigenvalue weighted by molar-refractivity contribution is -0.386. The number of carbonyl (C=O) groups is 1. The maximum atomic E-state index is 13.4. The van der Waals surface area contributed by atoms with Gasteiger partial charge >= 0.3 is 5.97 Å². The first-order valence-electron chi connectivity index (χ1n) is 4.45. The summed E-state index contributed by atoms with van der Waals surface area (Å²) in [4.78, 5) is 20.2. The summed E-state index contributed by atoms with van der Waals surface area (Å²) in [5, 5.41) is 28.7. The molecule has 1 aromatic rings. The molecule has 4 N–H and O–H groups in total. The van der Waals surface area contributed by atoms with Gasteiger partial charge in [-0.25, -0.2) is 4.39 Å². The Hall–Kier alpha value is -2.06. The Kier molecular flexibility index (Phi) is 3.71. The molecule has 2 atom stereocenters. The van der Waals surface area contributed by atoms with Gasteiger partial charge in [0.2, 0.25) is 0 Å².